The van der Waals surface area contributed by atoms with Gasteiger partial charge in [0.05, 0.1) is 11.4 Å². The van der Waals surface area contributed by atoms with Gasteiger partial charge in [0, 0.05) is 18.2 Å². The molecule has 3 aromatic rings. The molecule has 0 fully saturated rings. The Morgan fingerprint density at radius 1 is 1.07 bits per heavy atom. The van der Waals surface area contributed by atoms with Crippen LogP contribution >= 0.6 is 0 Å². The van der Waals surface area contributed by atoms with E-state index in [2.05, 4.69) is 85.7 Å². The molecule has 28 heavy (non-hydrogen) atoms. The second-order valence-corrected chi connectivity index (χ2v) is 7.74. The molecule has 4 rings (SSSR count). The third-order valence-corrected chi connectivity index (χ3v) is 5.39. The smallest absolute Gasteiger partial charge is 0.137 e. The van der Waals surface area contributed by atoms with E-state index in [0.717, 1.165) is 43.4 Å². The van der Waals surface area contributed by atoms with Crippen LogP contribution in [0.5, 0.6) is 0 Å². The lowest BCUT2D eigenvalue weighted by atomic mass is 10.0. The number of aryl methyl sites for hydroxylation is 1. The average Bonchev–Trinajstić information content (AvgIpc) is 3.07. The summed E-state index contributed by atoms with van der Waals surface area (Å²) in [6.07, 6.45) is 14.3. The topological polar surface area (TPSA) is 17.3 Å². The molecule has 1 aromatic carbocycles. The van der Waals surface area contributed by atoms with Crippen LogP contribution in [0.25, 0.3) is 22.5 Å². The lowest BCUT2D eigenvalue weighted by Crippen LogP contribution is -1.99. The molecule has 2 heteroatoms. The molecule has 0 unspecified atom stereocenters. The third-order valence-electron chi connectivity index (χ3n) is 5.39. The van der Waals surface area contributed by atoms with Gasteiger partial charge in [-0.1, -0.05) is 73.6 Å². The number of hydrogen-bond donors (Lipinski definition) is 0. The summed E-state index contributed by atoms with van der Waals surface area (Å²) in [7, 11) is 0. The SMILES string of the molecule is C=C(CCC)Cc1c(-c2ccc(C)cc2)nc2ccc(C3=CCCC=C3)cn12. The summed E-state index contributed by atoms with van der Waals surface area (Å²) in [6, 6.07) is 13.0. The number of imidazole rings is 1. The monoisotopic (exact) mass is 368 g/mol. The van der Waals surface area contributed by atoms with E-state index >= 15 is 0 Å². The van der Waals surface area contributed by atoms with Crippen LogP contribution in [0.3, 0.4) is 0 Å². The van der Waals surface area contributed by atoms with Gasteiger partial charge in [-0.2, -0.15) is 0 Å². The number of nitrogens with zero attached hydrogens (tertiary/aromatic N) is 2. The first-order chi connectivity index (χ1) is 13.7. The van der Waals surface area contributed by atoms with Crippen LogP contribution in [0.2, 0.25) is 0 Å². The van der Waals surface area contributed by atoms with Gasteiger partial charge in [-0.25, -0.2) is 4.98 Å². The van der Waals surface area contributed by atoms with E-state index in [0.29, 0.717) is 0 Å². The van der Waals surface area contributed by atoms with E-state index in [1.54, 1.807) is 0 Å². The van der Waals surface area contributed by atoms with Crippen molar-refractivity contribution in [3.63, 3.8) is 0 Å². The molecule has 1 aliphatic carbocycles. The number of pyridine rings is 1. The highest BCUT2D eigenvalue weighted by Gasteiger charge is 2.16. The van der Waals surface area contributed by atoms with E-state index in [9.17, 15) is 0 Å². The maximum absolute atomic E-state index is 5.00. The largest absolute Gasteiger partial charge is 0.302 e. The van der Waals surface area contributed by atoms with Crippen LogP contribution < -0.4 is 0 Å². The summed E-state index contributed by atoms with van der Waals surface area (Å²) in [5, 5.41) is 0. The average molecular weight is 369 g/mol. The molecule has 2 aromatic heterocycles. The molecule has 0 atom stereocenters. The quantitative estimate of drug-likeness (QED) is 0.431. The molecule has 0 amide bonds. The predicted octanol–water partition coefficient (Wildman–Crippen LogP) is 6.94. The first-order valence-corrected chi connectivity index (χ1v) is 10.3. The molecular weight excluding hydrogens is 340 g/mol. The lowest BCUT2D eigenvalue weighted by Gasteiger charge is -2.11. The zero-order valence-electron chi connectivity index (χ0n) is 16.9. The molecule has 0 N–H and O–H groups in total. The van der Waals surface area contributed by atoms with Crippen molar-refractivity contribution in [1.82, 2.24) is 9.38 Å². The molecule has 0 spiro atoms. The molecule has 0 radical (unpaired) electrons. The van der Waals surface area contributed by atoms with Gasteiger partial charge in [-0.3, -0.25) is 0 Å². The molecule has 0 saturated heterocycles. The Morgan fingerprint density at radius 3 is 2.57 bits per heavy atom. The van der Waals surface area contributed by atoms with E-state index < -0.39 is 0 Å². The van der Waals surface area contributed by atoms with Gasteiger partial charge in [0.2, 0.25) is 0 Å². The first kappa shape index (κ1) is 18.5. The summed E-state index contributed by atoms with van der Waals surface area (Å²) in [5.41, 5.74) is 9.56. The number of aromatic nitrogens is 2. The van der Waals surface area contributed by atoms with Crippen molar-refractivity contribution < 1.29 is 0 Å². The van der Waals surface area contributed by atoms with Gasteiger partial charge < -0.3 is 4.40 Å². The van der Waals surface area contributed by atoms with Gasteiger partial charge >= 0.3 is 0 Å². The van der Waals surface area contributed by atoms with Crippen molar-refractivity contribution in [2.75, 3.05) is 0 Å². The van der Waals surface area contributed by atoms with Gasteiger partial charge in [0.1, 0.15) is 5.65 Å². The van der Waals surface area contributed by atoms with E-state index in [1.807, 2.05) is 0 Å². The van der Waals surface area contributed by atoms with Crippen LogP contribution in [0, 0.1) is 6.92 Å². The summed E-state index contributed by atoms with van der Waals surface area (Å²) in [6.45, 7) is 8.65. The highest BCUT2D eigenvalue weighted by molar-refractivity contribution is 5.76. The fourth-order valence-corrected chi connectivity index (χ4v) is 3.88. The van der Waals surface area contributed by atoms with Crippen molar-refractivity contribution in [3.8, 4) is 11.3 Å². The Kier molecular flexibility index (Phi) is 5.29. The molecule has 2 heterocycles. The minimum absolute atomic E-state index is 0.858. The number of allylic oxidation sites excluding steroid dienone is 5. The molecular formula is C26H28N2. The first-order valence-electron chi connectivity index (χ1n) is 10.3. The number of hydrogen-bond acceptors (Lipinski definition) is 1. The molecule has 0 bridgehead atoms. The number of fused-ring (bicyclic) bond motifs is 1. The highest BCUT2D eigenvalue weighted by Crippen LogP contribution is 2.29. The van der Waals surface area contributed by atoms with Crippen molar-refractivity contribution in [2.24, 2.45) is 0 Å². The van der Waals surface area contributed by atoms with Crippen LogP contribution in [-0.4, -0.2) is 9.38 Å². The Morgan fingerprint density at radius 2 is 1.86 bits per heavy atom. The van der Waals surface area contributed by atoms with Crippen LogP contribution in [0.1, 0.15) is 49.4 Å². The second-order valence-electron chi connectivity index (χ2n) is 7.74. The maximum Gasteiger partial charge on any atom is 0.137 e. The van der Waals surface area contributed by atoms with Crippen LogP contribution in [0.4, 0.5) is 0 Å². The van der Waals surface area contributed by atoms with Gasteiger partial charge in [0.25, 0.3) is 0 Å². The van der Waals surface area contributed by atoms with E-state index in [4.69, 9.17) is 4.98 Å². The number of benzene rings is 1. The third kappa shape index (κ3) is 3.73. The summed E-state index contributed by atoms with van der Waals surface area (Å²) >= 11 is 0. The zero-order valence-corrected chi connectivity index (χ0v) is 16.9. The second kappa shape index (κ2) is 8.02. The molecule has 0 saturated carbocycles. The van der Waals surface area contributed by atoms with Crippen LogP contribution in [0.15, 0.2) is 73.0 Å². The fraction of sp³-hybridized carbons (Fsp3) is 0.269. The standard InChI is InChI=1S/C26H28N2/c1-4-8-20(3)17-24-26(22-13-11-19(2)12-14-22)27-25-16-15-23(18-28(24)25)21-9-6-5-7-10-21/h6,9-16,18H,3-5,7-8,17H2,1-2H3. The normalized spacial score (nSPS) is 13.7. The van der Waals surface area contributed by atoms with E-state index in [-0.39, 0.29) is 0 Å². The van der Waals surface area contributed by atoms with Gasteiger partial charge in [-0.15, -0.1) is 0 Å². The zero-order chi connectivity index (χ0) is 19.5. The fourth-order valence-electron chi connectivity index (χ4n) is 3.88. The van der Waals surface area contributed by atoms with Crippen molar-refractivity contribution >= 4 is 11.2 Å². The Balaban J connectivity index is 1.85. The Hall–Kier alpha value is -2.87. The van der Waals surface area contributed by atoms with Crippen molar-refractivity contribution in [2.45, 2.75) is 46.0 Å². The Bertz CT molecular complexity index is 1060. The molecule has 2 nitrogen and oxygen atoms in total. The summed E-state index contributed by atoms with van der Waals surface area (Å²) in [4.78, 5) is 5.00. The highest BCUT2D eigenvalue weighted by atomic mass is 15.0. The lowest BCUT2D eigenvalue weighted by molar-refractivity contribution is 0.858. The predicted molar refractivity (Wildman–Crippen MR) is 119 cm³/mol. The minimum Gasteiger partial charge on any atom is -0.302 e. The van der Waals surface area contributed by atoms with E-state index in [1.165, 1.54) is 33.5 Å². The summed E-state index contributed by atoms with van der Waals surface area (Å²) in [5.74, 6) is 0. The van der Waals surface area contributed by atoms with Crippen molar-refractivity contribution in [3.05, 3.63) is 89.8 Å². The number of rotatable bonds is 6. The van der Waals surface area contributed by atoms with Crippen molar-refractivity contribution in [1.29, 1.82) is 0 Å². The van der Waals surface area contributed by atoms with Gasteiger partial charge in [-0.05, 0) is 49.5 Å². The molecule has 0 aliphatic heterocycles. The van der Waals surface area contributed by atoms with Gasteiger partial charge in [0.15, 0.2) is 0 Å². The van der Waals surface area contributed by atoms with Crippen LogP contribution in [-0.2, 0) is 6.42 Å². The molecule has 1 aliphatic rings. The minimum atomic E-state index is 0.858. The Labute approximate surface area is 167 Å². The molecule has 142 valence electrons. The maximum atomic E-state index is 5.00. The summed E-state index contributed by atoms with van der Waals surface area (Å²) < 4.78 is 2.27.